The maximum Gasteiger partial charge on any atom is 0.120 e. The van der Waals surface area contributed by atoms with Gasteiger partial charge >= 0.3 is 0 Å². The molecule has 1 rings (SSSR count). The van der Waals surface area contributed by atoms with Crippen LogP contribution in [-0.4, -0.2) is 7.11 Å². The highest BCUT2D eigenvalue weighted by Gasteiger charge is 2.09. The standard InChI is InChI=1S/C10H11BrN2O/c1-14-7-2-3-8(9(11)6-7)10(13)4-5-12/h2-3,6,10H,4,13H2,1H3. The van der Waals surface area contributed by atoms with Gasteiger partial charge in [-0.25, -0.2) is 0 Å². The summed E-state index contributed by atoms with van der Waals surface area (Å²) in [6.07, 6.45) is 0.310. The minimum absolute atomic E-state index is 0.250. The van der Waals surface area contributed by atoms with Gasteiger partial charge in [0.1, 0.15) is 5.75 Å². The lowest BCUT2D eigenvalue weighted by atomic mass is 10.1. The Morgan fingerprint density at radius 3 is 2.86 bits per heavy atom. The number of hydrogen-bond donors (Lipinski definition) is 1. The maximum atomic E-state index is 8.52. The second-order valence-electron chi connectivity index (χ2n) is 2.86. The van der Waals surface area contributed by atoms with Gasteiger partial charge in [0, 0.05) is 10.5 Å². The second-order valence-corrected chi connectivity index (χ2v) is 3.71. The molecule has 0 amide bonds. The van der Waals surface area contributed by atoms with E-state index in [-0.39, 0.29) is 6.04 Å². The first-order chi connectivity index (χ1) is 6.69. The van der Waals surface area contributed by atoms with Gasteiger partial charge in [0.15, 0.2) is 0 Å². The maximum absolute atomic E-state index is 8.52. The number of hydrogen-bond acceptors (Lipinski definition) is 3. The van der Waals surface area contributed by atoms with Crippen LogP contribution in [0.2, 0.25) is 0 Å². The summed E-state index contributed by atoms with van der Waals surface area (Å²) in [4.78, 5) is 0. The first-order valence-corrected chi connectivity index (χ1v) is 4.94. The summed E-state index contributed by atoms with van der Waals surface area (Å²) >= 11 is 3.39. The van der Waals surface area contributed by atoms with Gasteiger partial charge in [-0.05, 0) is 17.7 Å². The Hall–Kier alpha value is -1.05. The molecule has 1 atom stereocenters. The molecule has 74 valence electrons. The predicted octanol–water partition coefficient (Wildman–Crippen LogP) is 2.37. The fourth-order valence-corrected chi connectivity index (χ4v) is 1.80. The number of methoxy groups -OCH3 is 1. The van der Waals surface area contributed by atoms with E-state index in [1.807, 2.05) is 24.3 Å². The van der Waals surface area contributed by atoms with Gasteiger partial charge in [-0.3, -0.25) is 0 Å². The highest BCUT2D eigenvalue weighted by molar-refractivity contribution is 9.10. The molecular weight excluding hydrogens is 244 g/mol. The first kappa shape index (κ1) is 11.0. The Balaban J connectivity index is 2.94. The highest BCUT2D eigenvalue weighted by Crippen LogP contribution is 2.27. The van der Waals surface area contributed by atoms with E-state index in [0.717, 1.165) is 15.8 Å². The number of nitrogens with zero attached hydrogens (tertiary/aromatic N) is 1. The minimum Gasteiger partial charge on any atom is -0.497 e. The Kier molecular flexibility index (Phi) is 3.93. The Labute approximate surface area is 91.6 Å². The zero-order chi connectivity index (χ0) is 10.6. The molecular formula is C10H11BrN2O. The molecule has 0 saturated carbocycles. The molecule has 0 fully saturated rings. The van der Waals surface area contributed by atoms with E-state index < -0.39 is 0 Å². The monoisotopic (exact) mass is 254 g/mol. The summed E-state index contributed by atoms with van der Waals surface area (Å²) in [6, 6.07) is 7.33. The number of nitrogens with two attached hydrogens (primary N) is 1. The van der Waals surface area contributed by atoms with E-state index in [9.17, 15) is 0 Å². The number of halogens is 1. The molecule has 2 N–H and O–H groups in total. The van der Waals surface area contributed by atoms with Gasteiger partial charge in [0.2, 0.25) is 0 Å². The molecule has 1 unspecified atom stereocenters. The minimum atomic E-state index is -0.250. The summed E-state index contributed by atoms with van der Waals surface area (Å²) in [6.45, 7) is 0. The fraction of sp³-hybridized carbons (Fsp3) is 0.300. The van der Waals surface area contributed by atoms with Crippen LogP contribution >= 0.6 is 15.9 Å². The molecule has 3 nitrogen and oxygen atoms in total. The molecule has 0 aromatic heterocycles. The topological polar surface area (TPSA) is 59.0 Å². The van der Waals surface area contributed by atoms with Gasteiger partial charge < -0.3 is 10.5 Å². The van der Waals surface area contributed by atoms with E-state index in [0.29, 0.717) is 6.42 Å². The quantitative estimate of drug-likeness (QED) is 0.901. The molecule has 1 aromatic rings. The highest BCUT2D eigenvalue weighted by atomic mass is 79.9. The van der Waals surface area contributed by atoms with Gasteiger partial charge in [-0.15, -0.1) is 0 Å². The van der Waals surface area contributed by atoms with Gasteiger partial charge in [-0.2, -0.15) is 5.26 Å². The van der Waals surface area contributed by atoms with Crippen molar-refractivity contribution in [2.24, 2.45) is 5.73 Å². The Morgan fingerprint density at radius 1 is 1.64 bits per heavy atom. The number of rotatable bonds is 3. The van der Waals surface area contributed by atoms with Crippen LogP contribution < -0.4 is 10.5 Å². The van der Waals surface area contributed by atoms with Gasteiger partial charge in [-0.1, -0.05) is 22.0 Å². The molecule has 0 saturated heterocycles. The van der Waals surface area contributed by atoms with Crippen molar-refractivity contribution >= 4 is 15.9 Å². The normalized spacial score (nSPS) is 11.9. The van der Waals surface area contributed by atoms with Crippen molar-refractivity contribution < 1.29 is 4.74 Å². The summed E-state index contributed by atoms with van der Waals surface area (Å²) in [7, 11) is 1.61. The van der Waals surface area contributed by atoms with Crippen LogP contribution in [-0.2, 0) is 0 Å². The smallest absolute Gasteiger partial charge is 0.120 e. The summed E-state index contributed by atoms with van der Waals surface area (Å²) in [5, 5.41) is 8.52. The van der Waals surface area contributed by atoms with Crippen LogP contribution in [0.25, 0.3) is 0 Å². The number of ether oxygens (including phenoxy) is 1. The van der Waals surface area contributed by atoms with Crippen LogP contribution in [0.3, 0.4) is 0 Å². The van der Waals surface area contributed by atoms with Crippen LogP contribution in [0.15, 0.2) is 22.7 Å². The van der Waals surface area contributed by atoms with Crippen LogP contribution in [0, 0.1) is 11.3 Å². The SMILES string of the molecule is COc1ccc(C(N)CC#N)c(Br)c1. The van der Waals surface area contributed by atoms with E-state index in [1.165, 1.54) is 0 Å². The van der Waals surface area contributed by atoms with Crippen LogP contribution in [0.4, 0.5) is 0 Å². The largest absolute Gasteiger partial charge is 0.497 e. The summed E-state index contributed by atoms with van der Waals surface area (Å²) < 4.78 is 5.93. The molecule has 0 spiro atoms. The van der Waals surface area contributed by atoms with Crippen molar-refractivity contribution in [3.05, 3.63) is 28.2 Å². The summed E-state index contributed by atoms with van der Waals surface area (Å²) in [5.41, 5.74) is 6.73. The second kappa shape index (κ2) is 4.99. The lowest BCUT2D eigenvalue weighted by Crippen LogP contribution is -2.09. The Bertz CT molecular complexity index is 360. The molecule has 0 bridgehead atoms. The van der Waals surface area contributed by atoms with Gasteiger partial charge in [0.05, 0.1) is 19.6 Å². The van der Waals surface area contributed by atoms with Crippen molar-refractivity contribution in [2.45, 2.75) is 12.5 Å². The molecule has 14 heavy (non-hydrogen) atoms. The number of benzene rings is 1. The lowest BCUT2D eigenvalue weighted by Gasteiger charge is -2.11. The zero-order valence-corrected chi connectivity index (χ0v) is 9.41. The van der Waals surface area contributed by atoms with Crippen LogP contribution in [0.1, 0.15) is 18.0 Å². The molecule has 0 aliphatic carbocycles. The van der Waals surface area contributed by atoms with Gasteiger partial charge in [0.25, 0.3) is 0 Å². The van der Waals surface area contributed by atoms with E-state index >= 15 is 0 Å². The van der Waals surface area contributed by atoms with E-state index in [2.05, 4.69) is 15.9 Å². The lowest BCUT2D eigenvalue weighted by molar-refractivity contribution is 0.414. The fourth-order valence-electron chi connectivity index (χ4n) is 1.14. The summed E-state index contributed by atoms with van der Waals surface area (Å²) in [5.74, 6) is 0.768. The number of nitriles is 1. The van der Waals surface area contributed by atoms with Crippen molar-refractivity contribution in [3.8, 4) is 11.8 Å². The van der Waals surface area contributed by atoms with Crippen molar-refractivity contribution in [2.75, 3.05) is 7.11 Å². The van der Waals surface area contributed by atoms with Crippen molar-refractivity contribution in [1.82, 2.24) is 0 Å². The molecule has 0 radical (unpaired) electrons. The van der Waals surface area contributed by atoms with Crippen molar-refractivity contribution in [1.29, 1.82) is 5.26 Å². The average molecular weight is 255 g/mol. The first-order valence-electron chi connectivity index (χ1n) is 4.15. The third-order valence-corrected chi connectivity index (χ3v) is 2.61. The Morgan fingerprint density at radius 2 is 2.36 bits per heavy atom. The molecule has 0 heterocycles. The molecule has 0 aliphatic heterocycles. The van der Waals surface area contributed by atoms with E-state index in [4.69, 9.17) is 15.7 Å². The molecule has 4 heteroatoms. The average Bonchev–Trinajstić information content (AvgIpc) is 2.17. The van der Waals surface area contributed by atoms with Crippen LogP contribution in [0.5, 0.6) is 5.75 Å². The zero-order valence-electron chi connectivity index (χ0n) is 7.83. The third kappa shape index (κ3) is 2.47. The van der Waals surface area contributed by atoms with Crippen molar-refractivity contribution in [3.63, 3.8) is 0 Å². The third-order valence-electron chi connectivity index (χ3n) is 1.92. The predicted molar refractivity (Wildman–Crippen MR) is 57.9 cm³/mol. The van der Waals surface area contributed by atoms with E-state index in [1.54, 1.807) is 7.11 Å². The molecule has 0 aliphatic rings. The molecule has 1 aromatic carbocycles.